The predicted molar refractivity (Wildman–Crippen MR) is 72.7 cm³/mol. The summed E-state index contributed by atoms with van der Waals surface area (Å²) in [6, 6.07) is 7.35. The molecule has 0 saturated heterocycles. The number of hydrogen-bond acceptors (Lipinski definition) is 4. The van der Waals surface area contributed by atoms with Gasteiger partial charge in [-0.1, -0.05) is 17.3 Å². The smallest absolute Gasteiger partial charge is 0.226 e. The fraction of sp³-hybridized carbons (Fsp3) is 0.231. The highest BCUT2D eigenvalue weighted by Gasteiger charge is 2.09. The van der Waals surface area contributed by atoms with Gasteiger partial charge in [-0.25, -0.2) is 0 Å². The lowest BCUT2D eigenvalue weighted by atomic mass is 10.2. The van der Waals surface area contributed by atoms with Crippen molar-refractivity contribution in [3.63, 3.8) is 0 Å². The van der Waals surface area contributed by atoms with E-state index in [-0.39, 0.29) is 12.3 Å². The molecule has 1 aromatic carbocycles. The van der Waals surface area contributed by atoms with Crippen LogP contribution in [0.1, 0.15) is 11.3 Å². The van der Waals surface area contributed by atoms with Crippen LogP contribution < -0.4 is 10.1 Å². The van der Waals surface area contributed by atoms with Crippen LogP contribution in [0.5, 0.6) is 5.75 Å². The van der Waals surface area contributed by atoms with Gasteiger partial charge in [0.25, 0.3) is 0 Å². The number of hydrogen-bond donors (Lipinski definition) is 1. The normalized spacial score (nSPS) is 10.2. The highest BCUT2D eigenvalue weighted by Crippen LogP contribution is 2.28. The number of amides is 1. The first-order valence-electron chi connectivity index (χ1n) is 5.68. The van der Waals surface area contributed by atoms with Crippen molar-refractivity contribution >= 4 is 21.8 Å². The maximum Gasteiger partial charge on any atom is 0.226 e. The van der Waals surface area contributed by atoms with Gasteiger partial charge in [-0.2, -0.15) is 0 Å². The molecule has 100 valence electrons. The van der Waals surface area contributed by atoms with E-state index in [9.17, 15) is 4.79 Å². The Hall–Kier alpha value is -1.82. The lowest BCUT2D eigenvalue weighted by molar-refractivity contribution is -0.120. The number of nitrogens with one attached hydrogen (secondary N) is 1. The lowest BCUT2D eigenvalue weighted by Crippen LogP contribution is -2.24. The van der Waals surface area contributed by atoms with E-state index in [1.54, 1.807) is 13.2 Å². The molecule has 0 atom stereocenters. The second-order valence-corrected chi connectivity index (χ2v) is 4.73. The summed E-state index contributed by atoms with van der Waals surface area (Å²) in [5.41, 5.74) is 1.52. The molecule has 19 heavy (non-hydrogen) atoms. The van der Waals surface area contributed by atoms with E-state index in [1.165, 1.54) is 6.26 Å². The molecule has 2 aromatic rings. The third-order valence-electron chi connectivity index (χ3n) is 2.56. The first kappa shape index (κ1) is 13.6. The van der Waals surface area contributed by atoms with Crippen LogP contribution in [-0.2, 0) is 17.8 Å². The Morgan fingerprint density at radius 3 is 3.00 bits per heavy atom. The Labute approximate surface area is 119 Å². The number of methoxy groups -OCH3 is 1. The first-order valence-corrected chi connectivity index (χ1v) is 6.47. The van der Waals surface area contributed by atoms with Crippen LogP contribution in [0.4, 0.5) is 0 Å². The average Bonchev–Trinajstić information content (AvgIpc) is 2.89. The van der Waals surface area contributed by atoms with Crippen molar-refractivity contribution in [2.45, 2.75) is 13.0 Å². The van der Waals surface area contributed by atoms with Gasteiger partial charge in [0, 0.05) is 18.2 Å². The van der Waals surface area contributed by atoms with Gasteiger partial charge in [0.15, 0.2) is 0 Å². The molecule has 0 aliphatic rings. The molecule has 0 aliphatic heterocycles. The second kappa shape index (κ2) is 6.38. The van der Waals surface area contributed by atoms with E-state index in [0.29, 0.717) is 12.2 Å². The molecule has 5 nitrogen and oxygen atoms in total. The van der Waals surface area contributed by atoms with Crippen molar-refractivity contribution in [3.05, 3.63) is 46.3 Å². The summed E-state index contributed by atoms with van der Waals surface area (Å²) in [6.07, 6.45) is 1.65. The summed E-state index contributed by atoms with van der Waals surface area (Å²) in [5, 5.41) is 6.51. The molecule has 0 spiro atoms. The summed E-state index contributed by atoms with van der Waals surface area (Å²) < 4.78 is 10.8. The SMILES string of the molecule is COc1c(Br)cccc1CNC(=O)Cc1ccon1. The topological polar surface area (TPSA) is 64.4 Å². The largest absolute Gasteiger partial charge is 0.495 e. The molecule has 0 fully saturated rings. The average molecular weight is 325 g/mol. The number of aromatic nitrogens is 1. The van der Waals surface area contributed by atoms with E-state index in [1.807, 2.05) is 18.2 Å². The Kier molecular flexibility index (Phi) is 4.57. The summed E-state index contributed by atoms with van der Waals surface area (Å²) in [5.74, 6) is 0.611. The maximum atomic E-state index is 11.7. The van der Waals surface area contributed by atoms with Gasteiger partial charge in [-0.15, -0.1) is 0 Å². The first-order chi connectivity index (χ1) is 9.20. The molecule has 1 aromatic heterocycles. The quantitative estimate of drug-likeness (QED) is 0.916. The van der Waals surface area contributed by atoms with E-state index in [0.717, 1.165) is 15.8 Å². The molecule has 0 aliphatic carbocycles. The van der Waals surface area contributed by atoms with Gasteiger partial charge in [-0.3, -0.25) is 4.79 Å². The Bertz CT molecular complexity index is 555. The third-order valence-corrected chi connectivity index (χ3v) is 3.19. The van der Waals surface area contributed by atoms with Crippen molar-refractivity contribution in [2.24, 2.45) is 0 Å². The molecule has 0 bridgehead atoms. The molecule has 1 amide bonds. The second-order valence-electron chi connectivity index (χ2n) is 3.88. The lowest BCUT2D eigenvalue weighted by Gasteiger charge is -2.10. The van der Waals surface area contributed by atoms with Gasteiger partial charge < -0.3 is 14.6 Å². The number of carbonyl (C=O) groups is 1. The third kappa shape index (κ3) is 3.57. The molecule has 6 heteroatoms. The summed E-state index contributed by atoms with van der Waals surface area (Å²) in [4.78, 5) is 11.7. The van der Waals surface area contributed by atoms with Crippen LogP contribution in [0.25, 0.3) is 0 Å². The van der Waals surface area contributed by atoms with E-state index < -0.39 is 0 Å². The molecular weight excluding hydrogens is 312 g/mol. The van der Waals surface area contributed by atoms with E-state index in [2.05, 4.69) is 30.9 Å². The van der Waals surface area contributed by atoms with Crippen molar-refractivity contribution in [3.8, 4) is 5.75 Å². The Morgan fingerprint density at radius 2 is 2.32 bits per heavy atom. The van der Waals surface area contributed by atoms with Gasteiger partial charge in [0.2, 0.25) is 5.91 Å². The minimum absolute atomic E-state index is 0.115. The molecule has 0 saturated carbocycles. The van der Waals surface area contributed by atoms with Crippen LogP contribution in [-0.4, -0.2) is 18.2 Å². The number of rotatable bonds is 5. The zero-order valence-electron chi connectivity index (χ0n) is 10.4. The van der Waals surface area contributed by atoms with E-state index in [4.69, 9.17) is 4.74 Å². The molecule has 2 rings (SSSR count). The van der Waals surface area contributed by atoms with Crippen molar-refractivity contribution in [2.75, 3.05) is 7.11 Å². The Morgan fingerprint density at radius 1 is 1.47 bits per heavy atom. The van der Waals surface area contributed by atoms with Gasteiger partial charge in [0.05, 0.1) is 23.7 Å². The maximum absolute atomic E-state index is 11.7. The zero-order chi connectivity index (χ0) is 13.7. The summed E-state index contributed by atoms with van der Waals surface area (Å²) in [6.45, 7) is 0.402. The number of nitrogens with zero attached hydrogens (tertiary/aromatic N) is 1. The van der Waals surface area contributed by atoms with Gasteiger partial charge in [0.1, 0.15) is 12.0 Å². The fourth-order valence-corrected chi connectivity index (χ4v) is 2.24. The van der Waals surface area contributed by atoms with Crippen LogP contribution in [0.3, 0.4) is 0 Å². The monoisotopic (exact) mass is 324 g/mol. The van der Waals surface area contributed by atoms with Crippen LogP contribution in [0.15, 0.2) is 39.5 Å². The van der Waals surface area contributed by atoms with Crippen molar-refractivity contribution < 1.29 is 14.1 Å². The minimum Gasteiger partial charge on any atom is -0.495 e. The minimum atomic E-state index is -0.115. The number of carbonyl (C=O) groups excluding carboxylic acids is 1. The number of para-hydroxylation sites is 1. The molecule has 1 N–H and O–H groups in total. The van der Waals surface area contributed by atoms with Gasteiger partial charge >= 0.3 is 0 Å². The standard InChI is InChI=1S/C13H13BrN2O3/c1-18-13-9(3-2-4-11(13)14)8-15-12(17)7-10-5-6-19-16-10/h2-6H,7-8H2,1H3,(H,15,17). The van der Waals surface area contributed by atoms with Crippen molar-refractivity contribution in [1.29, 1.82) is 0 Å². The van der Waals surface area contributed by atoms with Crippen molar-refractivity contribution in [1.82, 2.24) is 10.5 Å². The van der Waals surface area contributed by atoms with Crippen LogP contribution >= 0.6 is 15.9 Å². The highest BCUT2D eigenvalue weighted by atomic mass is 79.9. The zero-order valence-corrected chi connectivity index (χ0v) is 11.9. The van der Waals surface area contributed by atoms with Crippen LogP contribution in [0.2, 0.25) is 0 Å². The molecule has 0 unspecified atom stereocenters. The Balaban J connectivity index is 1.95. The summed E-state index contributed by atoms with van der Waals surface area (Å²) >= 11 is 3.40. The summed E-state index contributed by atoms with van der Waals surface area (Å²) in [7, 11) is 1.60. The number of ether oxygens (including phenoxy) is 1. The molecule has 0 radical (unpaired) electrons. The molecule has 1 heterocycles. The fourth-order valence-electron chi connectivity index (χ4n) is 1.67. The van der Waals surface area contributed by atoms with Gasteiger partial charge in [-0.05, 0) is 22.0 Å². The predicted octanol–water partition coefficient (Wildman–Crippen LogP) is 2.30. The van der Waals surface area contributed by atoms with E-state index >= 15 is 0 Å². The molecular formula is C13H13BrN2O3. The van der Waals surface area contributed by atoms with Crippen LogP contribution in [0, 0.1) is 0 Å². The number of benzene rings is 1. The number of halogens is 1. The highest BCUT2D eigenvalue weighted by molar-refractivity contribution is 9.10.